The summed E-state index contributed by atoms with van der Waals surface area (Å²) in [5.41, 5.74) is 3.49. The van der Waals surface area contributed by atoms with E-state index in [-0.39, 0.29) is 11.9 Å². The number of hydrogen-bond donors (Lipinski definition) is 0. The molecule has 3 aromatic carbocycles. The van der Waals surface area contributed by atoms with Crippen LogP contribution in [0.15, 0.2) is 82.4 Å². The Hall–Kier alpha value is -2.66. The Morgan fingerprint density at radius 2 is 1.81 bits per heavy atom. The number of halogens is 2. The average Bonchev–Trinajstić information content (AvgIpc) is 3.13. The number of rotatable bonds is 4. The van der Waals surface area contributed by atoms with Gasteiger partial charge in [-0.05, 0) is 54.1 Å². The lowest BCUT2D eigenvalue weighted by molar-refractivity contribution is 0.415. The SMILES string of the molecule is COc1ccc(C2=NN(c3cccc(Br)c3)[C@@H](c3ccccc3F)C2)cc1. The van der Waals surface area contributed by atoms with E-state index in [0.29, 0.717) is 12.0 Å². The largest absolute Gasteiger partial charge is 0.497 e. The number of benzene rings is 3. The molecule has 0 bridgehead atoms. The van der Waals surface area contributed by atoms with Gasteiger partial charge in [0.15, 0.2) is 0 Å². The van der Waals surface area contributed by atoms with E-state index in [1.165, 1.54) is 6.07 Å². The minimum absolute atomic E-state index is 0.197. The molecule has 0 aliphatic carbocycles. The van der Waals surface area contributed by atoms with Crippen LogP contribution in [-0.4, -0.2) is 12.8 Å². The minimum Gasteiger partial charge on any atom is -0.497 e. The second kappa shape index (κ2) is 7.53. The molecule has 5 heteroatoms. The molecule has 0 N–H and O–H groups in total. The lowest BCUT2D eigenvalue weighted by Crippen LogP contribution is -2.19. The van der Waals surface area contributed by atoms with Gasteiger partial charge in [0.05, 0.1) is 24.6 Å². The third-order valence-electron chi connectivity index (χ3n) is 4.67. The monoisotopic (exact) mass is 424 g/mol. The van der Waals surface area contributed by atoms with Gasteiger partial charge in [-0.3, -0.25) is 5.01 Å². The van der Waals surface area contributed by atoms with Crippen molar-refractivity contribution in [2.45, 2.75) is 12.5 Å². The van der Waals surface area contributed by atoms with E-state index in [2.05, 4.69) is 15.9 Å². The van der Waals surface area contributed by atoms with Crippen molar-refractivity contribution in [1.29, 1.82) is 0 Å². The highest BCUT2D eigenvalue weighted by atomic mass is 79.9. The van der Waals surface area contributed by atoms with Gasteiger partial charge in [-0.15, -0.1) is 0 Å². The zero-order valence-corrected chi connectivity index (χ0v) is 16.4. The first-order chi connectivity index (χ1) is 13.2. The van der Waals surface area contributed by atoms with Crippen LogP contribution in [0.1, 0.15) is 23.6 Å². The van der Waals surface area contributed by atoms with Crippen molar-refractivity contribution in [1.82, 2.24) is 0 Å². The number of hydrogen-bond acceptors (Lipinski definition) is 3. The van der Waals surface area contributed by atoms with Gasteiger partial charge in [0, 0.05) is 16.5 Å². The highest BCUT2D eigenvalue weighted by Gasteiger charge is 2.31. The van der Waals surface area contributed by atoms with Crippen LogP contribution in [0.2, 0.25) is 0 Å². The van der Waals surface area contributed by atoms with Gasteiger partial charge >= 0.3 is 0 Å². The molecule has 3 nitrogen and oxygen atoms in total. The molecular weight excluding hydrogens is 407 g/mol. The standard InChI is InChI=1S/C22H18BrFN2O/c1-27-18-11-9-15(10-12-18)21-14-22(19-7-2-3-8-20(19)24)26(25-21)17-6-4-5-16(23)13-17/h2-13,22H,14H2,1H3/t22-/m1/s1. The van der Waals surface area contributed by atoms with Crippen LogP contribution in [0.25, 0.3) is 0 Å². The summed E-state index contributed by atoms with van der Waals surface area (Å²) in [6.45, 7) is 0. The molecule has 0 spiro atoms. The zero-order chi connectivity index (χ0) is 18.8. The zero-order valence-electron chi connectivity index (χ0n) is 14.8. The van der Waals surface area contributed by atoms with E-state index in [4.69, 9.17) is 9.84 Å². The van der Waals surface area contributed by atoms with Crippen molar-refractivity contribution < 1.29 is 9.13 Å². The molecule has 1 aliphatic heterocycles. The molecule has 0 unspecified atom stereocenters. The predicted octanol–water partition coefficient (Wildman–Crippen LogP) is 5.95. The van der Waals surface area contributed by atoms with Crippen molar-refractivity contribution in [2.24, 2.45) is 5.10 Å². The molecule has 1 aliphatic rings. The second-order valence-electron chi connectivity index (χ2n) is 6.34. The topological polar surface area (TPSA) is 24.8 Å². The van der Waals surface area contributed by atoms with Gasteiger partial charge in [0.25, 0.3) is 0 Å². The Labute approximate surface area is 166 Å². The van der Waals surface area contributed by atoms with Crippen molar-refractivity contribution in [3.05, 3.63) is 94.2 Å². The van der Waals surface area contributed by atoms with Gasteiger partial charge in [-0.2, -0.15) is 5.10 Å². The van der Waals surface area contributed by atoms with Crippen LogP contribution in [0, 0.1) is 5.82 Å². The van der Waals surface area contributed by atoms with Crippen molar-refractivity contribution in [3.8, 4) is 5.75 Å². The Balaban J connectivity index is 1.76. The van der Waals surface area contributed by atoms with Crippen LogP contribution in [0.3, 0.4) is 0 Å². The number of hydrazone groups is 1. The molecule has 0 saturated heterocycles. The van der Waals surface area contributed by atoms with Crippen molar-refractivity contribution >= 4 is 27.3 Å². The average molecular weight is 425 g/mol. The van der Waals surface area contributed by atoms with E-state index in [1.807, 2.05) is 65.7 Å². The third-order valence-corrected chi connectivity index (χ3v) is 5.16. The number of anilines is 1. The molecule has 0 saturated carbocycles. The van der Waals surface area contributed by atoms with Crippen molar-refractivity contribution in [2.75, 3.05) is 12.1 Å². The summed E-state index contributed by atoms with van der Waals surface area (Å²) in [7, 11) is 1.64. The van der Waals surface area contributed by atoms with Crippen LogP contribution in [0.4, 0.5) is 10.1 Å². The van der Waals surface area contributed by atoms with Gasteiger partial charge in [-0.1, -0.05) is 40.2 Å². The molecule has 1 heterocycles. The lowest BCUT2D eigenvalue weighted by atomic mass is 9.97. The molecule has 0 amide bonds. The first kappa shape index (κ1) is 17.7. The molecule has 3 aromatic rings. The van der Waals surface area contributed by atoms with E-state index in [9.17, 15) is 4.39 Å². The first-order valence-electron chi connectivity index (χ1n) is 8.67. The van der Waals surface area contributed by atoms with E-state index in [1.54, 1.807) is 13.2 Å². The van der Waals surface area contributed by atoms with Crippen LogP contribution in [0.5, 0.6) is 5.75 Å². The van der Waals surface area contributed by atoms with Gasteiger partial charge in [0.2, 0.25) is 0 Å². The third kappa shape index (κ3) is 3.60. The summed E-state index contributed by atoms with van der Waals surface area (Å²) >= 11 is 3.51. The summed E-state index contributed by atoms with van der Waals surface area (Å²) in [6, 6.07) is 22.4. The van der Waals surface area contributed by atoms with E-state index in [0.717, 1.165) is 27.2 Å². The molecule has 1 atom stereocenters. The number of nitrogens with zero attached hydrogens (tertiary/aromatic N) is 2. The molecule has 27 heavy (non-hydrogen) atoms. The fourth-order valence-corrected chi connectivity index (χ4v) is 3.70. The van der Waals surface area contributed by atoms with Crippen LogP contribution >= 0.6 is 15.9 Å². The Morgan fingerprint density at radius 3 is 2.52 bits per heavy atom. The minimum atomic E-state index is -0.214. The molecule has 0 radical (unpaired) electrons. The van der Waals surface area contributed by atoms with E-state index >= 15 is 0 Å². The van der Waals surface area contributed by atoms with E-state index < -0.39 is 0 Å². The summed E-state index contributed by atoms with van der Waals surface area (Å²) in [4.78, 5) is 0. The summed E-state index contributed by atoms with van der Waals surface area (Å²) in [5.74, 6) is 0.584. The maximum Gasteiger partial charge on any atom is 0.128 e. The maximum absolute atomic E-state index is 14.5. The second-order valence-corrected chi connectivity index (χ2v) is 7.26. The normalized spacial score (nSPS) is 16.3. The first-order valence-corrected chi connectivity index (χ1v) is 9.46. The molecule has 4 rings (SSSR count). The Morgan fingerprint density at radius 1 is 1.04 bits per heavy atom. The molecular formula is C22H18BrFN2O. The fraction of sp³-hybridized carbons (Fsp3) is 0.136. The quantitative estimate of drug-likeness (QED) is 0.516. The van der Waals surface area contributed by atoms with Crippen molar-refractivity contribution in [3.63, 3.8) is 0 Å². The highest BCUT2D eigenvalue weighted by Crippen LogP contribution is 2.38. The summed E-state index contributed by atoms with van der Waals surface area (Å²) in [6.07, 6.45) is 0.625. The molecule has 0 aromatic heterocycles. The number of ether oxygens (including phenoxy) is 1. The molecule has 0 fully saturated rings. The summed E-state index contributed by atoms with van der Waals surface area (Å²) in [5, 5.41) is 6.75. The number of methoxy groups -OCH3 is 1. The summed E-state index contributed by atoms with van der Waals surface area (Å²) < 4.78 is 20.7. The Kier molecular flexibility index (Phi) is 4.94. The van der Waals surface area contributed by atoms with Gasteiger partial charge < -0.3 is 4.74 Å². The highest BCUT2D eigenvalue weighted by molar-refractivity contribution is 9.10. The van der Waals surface area contributed by atoms with Gasteiger partial charge in [0.1, 0.15) is 11.6 Å². The Bertz CT molecular complexity index is 988. The lowest BCUT2D eigenvalue weighted by Gasteiger charge is -2.24. The predicted molar refractivity (Wildman–Crippen MR) is 110 cm³/mol. The maximum atomic E-state index is 14.5. The molecule has 136 valence electrons. The fourth-order valence-electron chi connectivity index (χ4n) is 3.31. The van der Waals surface area contributed by atoms with Crippen LogP contribution < -0.4 is 9.75 Å². The van der Waals surface area contributed by atoms with Gasteiger partial charge in [-0.25, -0.2) is 4.39 Å². The van der Waals surface area contributed by atoms with Crippen LogP contribution in [-0.2, 0) is 0 Å². The smallest absolute Gasteiger partial charge is 0.128 e.